The molecule has 3 aliphatic heterocycles. The molecule has 3 aliphatic rings. The number of fused-ring (bicyclic) bond motifs is 2. The lowest BCUT2D eigenvalue weighted by atomic mass is 10.0. The zero-order chi connectivity index (χ0) is 34.1. The number of benzene rings is 1. The molecular formula is C33H33N9O5S2. The second kappa shape index (κ2) is 13.7. The molecule has 0 spiro atoms. The number of anilines is 1. The molecule has 7 rings (SSSR count). The summed E-state index contributed by atoms with van der Waals surface area (Å²) in [6, 6.07) is 13.3. The number of aliphatic carboxylic acids is 1. The van der Waals surface area contributed by atoms with Crippen molar-refractivity contribution in [1.82, 2.24) is 24.8 Å². The summed E-state index contributed by atoms with van der Waals surface area (Å²) in [7, 11) is 1.29. The molecule has 4 aromatic rings. The molecule has 0 bridgehead atoms. The Morgan fingerprint density at radius 2 is 2.00 bits per heavy atom. The van der Waals surface area contributed by atoms with Gasteiger partial charge in [0.05, 0.1) is 17.9 Å². The van der Waals surface area contributed by atoms with Gasteiger partial charge in [-0.05, 0) is 30.0 Å². The van der Waals surface area contributed by atoms with Gasteiger partial charge in [-0.2, -0.15) is 9.67 Å². The van der Waals surface area contributed by atoms with Crippen LogP contribution in [0.5, 0.6) is 0 Å². The van der Waals surface area contributed by atoms with E-state index in [2.05, 4.69) is 54.4 Å². The maximum atomic E-state index is 13.3. The van der Waals surface area contributed by atoms with Crippen LogP contribution in [0.15, 0.2) is 81.8 Å². The molecule has 1 aromatic carbocycles. The summed E-state index contributed by atoms with van der Waals surface area (Å²) in [5.74, 6) is -2.37. The van der Waals surface area contributed by atoms with E-state index in [9.17, 15) is 19.5 Å². The van der Waals surface area contributed by atoms with Gasteiger partial charge in [-0.15, -0.1) is 23.1 Å². The van der Waals surface area contributed by atoms with E-state index in [1.807, 2.05) is 41.4 Å². The van der Waals surface area contributed by atoms with Crippen LogP contribution in [0.2, 0.25) is 0 Å². The van der Waals surface area contributed by atoms with Crippen molar-refractivity contribution in [2.75, 3.05) is 31.7 Å². The van der Waals surface area contributed by atoms with Crippen LogP contribution in [-0.2, 0) is 32.3 Å². The van der Waals surface area contributed by atoms with Crippen molar-refractivity contribution in [3.05, 3.63) is 88.3 Å². The molecule has 6 heterocycles. The van der Waals surface area contributed by atoms with E-state index in [4.69, 9.17) is 10.6 Å². The van der Waals surface area contributed by atoms with E-state index in [0.29, 0.717) is 17.9 Å². The van der Waals surface area contributed by atoms with Gasteiger partial charge >= 0.3 is 0 Å². The number of carbonyl (C=O) groups is 3. The summed E-state index contributed by atoms with van der Waals surface area (Å²) in [6.07, 6.45) is 8.18. The largest absolute Gasteiger partial charge is 0.543 e. The number of nitrogens with zero attached hydrogens (tertiary/aromatic N) is 7. The van der Waals surface area contributed by atoms with Gasteiger partial charge in [-0.3, -0.25) is 19.5 Å². The Morgan fingerprint density at radius 3 is 2.71 bits per heavy atom. The van der Waals surface area contributed by atoms with Gasteiger partial charge in [-0.25, -0.2) is 4.98 Å². The van der Waals surface area contributed by atoms with Gasteiger partial charge < -0.3 is 30.4 Å². The quantitative estimate of drug-likeness (QED) is 0.0998. The molecule has 16 heteroatoms. The average Bonchev–Trinajstić information content (AvgIpc) is 3.88. The third kappa shape index (κ3) is 6.48. The van der Waals surface area contributed by atoms with E-state index in [0.717, 1.165) is 46.6 Å². The fraction of sp³-hybridized carbons (Fsp3) is 0.303. The lowest BCUT2D eigenvalue weighted by molar-refractivity contribution is -0.663. The van der Waals surface area contributed by atoms with Crippen LogP contribution in [0.4, 0.5) is 5.13 Å². The van der Waals surface area contributed by atoms with E-state index in [1.54, 1.807) is 5.38 Å². The smallest absolute Gasteiger partial charge is 0.276 e. The number of carbonyl (C=O) groups excluding carboxylic acids is 3. The summed E-state index contributed by atoms with van der Waals surface area (Å²) in [5, 5.41) is 26.7. The Hall–Kier alpha value is -5.22. The first-order valence-electron chi connectivity index (χ1n) is 15.7. The molecule has 252 valence electrons. The Bertz CT molecular complexity index is 2010. The SMILES string of the molecule is CO/N=C(\C(=O)N[C@@H]1C(=O)N2C(C(=O)[O-])=C(C[n+]3cccc4c3ccn4Cc3ccc(C=NN4CCCC4)cc3)CS[C@H]12)c1csc(N)n1. The number of hydrogen-bond acceptors (Lipinski definition) is 12. The molecule has 2 amide bonds. The lowest BCUT2D eigenvalue weighted by Crippen LogP contribution is -2.71. The number of nitrogens with one attached hydrogen (secondary N) is 1. The van der Waals surface area contributed by atoms with Gasteiger partial charge in [0.2, 0.25) is 5.52 Å². The number of aromatic nitrogens is 3. The summed E-state index contributed by atoms with van der Waals surface area (Å²) >= 11 is 2.50. The first-order chi connectivity index (χ1) is 23.8. The van der Waals surface area contributed by atoms with Crippen LogP contribution in [0, 0.1) is 0 Å². The highest BCUT2D eigenvalue weighted by Gasteiger charge is 2.53. The third-order valence-electron chi connectivity index (χ3n) is 8.65. The van der Waals surface area contributed by atoms with E-state index < -0.39 is 29.2 Å². The molecule has 49 heavy (non-hydrogen) atoms. The van der Waals surface area contributed by atoms with Gasteiger partial charge in [0, 0.05) is 54.7 Å². The fourth-order valence-electron chi connectivity index (χ4n) is 6.26. The summed E-state index contributed by atoms with van der Waals surface area (Å²) in [4.78, 5) is 49.0. The van der Waals surface area contributed by atoms with Crippen molar-refractivity contribution in [2.24, 2.45) is 10.3 Å². The van der Waals surface area contributed by atoms with Gasteiger partial charge in [0.1, 0.15) is 29.7 Å². The molecule has 14 nitrogen and oxygen atoms in total. The number of thioether (sulfide) groups is 1. The molecule has 0 saturated carbocycles. The molecule has 0 unspecified atom stereocenters. The van der Waals surface area contributed by atoms with Crippen LogP contribution in [0.3, 0.4) is 0 Å². The average molecular weight is 700 g/mol. The Labute approximate surface area is 289 Å². The molecule has 2 atom stereocenters. The number of thiazole rings is 1. The predicted molar refractivity (Wildman–Crippen MR) is 183 cm³/mol. The second-order valence-electron chi connectivity index (χ2n) is 11.8. The fourth-order valence-corrected chi connectivity index (χ4v) is 8.15. The van der Waals surface area contributed by atoms with Gasteiger partial charge in [0.25, 0.3) is 11.8 Å². The van der Waals surface area contributed by atoms with Crippen molar-refractivity contribution in [3.63, 3.8) is 0 Å². The number of hydrogen-bond donors (Lipinski definition) is 2. The molecule has 3 aromatic heterocycles. The standard InChI is InChI=1S/C33H33N9O5S2/c1-47-38-26(23-19-49-33(34)36-23)29(43)37-27-30(44)42-28(32(45)46)22(18-48-31(27)42)17-39-11-4-5-24-25(39)10-14-40(24)16-21-8-6-20(7-9-21)15-35-41-12-2-3-13-41/h4-11,14-15,19,27,31H,2-3,12-13,16-18H2,1H3,(H3-,34,36,37,43,45,46)/b35-15?,38-26-/t27-,31-/m1/s1. The van der Waals surface area contributed by atoms with Gasteiger partial charge in [0.15, 0.2) is 23.6 Å². The van der Waals surface area contributed by atoms with Gasteiger partial charge in [-0.1, -0.05) is 29.4 Å². The topological polar surface area (TPSA) is 174 Å². The van der Waals surface area contributed by atoms with Crippen molar-refractivity contribution >= 4 is 69.0 Å². The molecule has 2 saturated heterocycles. The summed E-state index contributed by atoms with van der Waals surface area (Å²) in [5.41, 5.74) is 10.2. The van der Waals surface area contributed by atoms with E-state index >= 15 is 0 Å². The monoisotopic (exact) mass is 699 g/mol. The highest BCUT2D eigenvalue weighted by Crippen LogP contribution is 2.40. The van der Waals surface area contributed by atoms with Crippen LogP contribution in [-0.4, -0.2) is 86.5 Å². The predicted octanol–water partition coefficient (Wildman–Crippen LogP) is 0.900. The van der Waals surface area contributed by atoms with Crippen molar-refractivity contribution < 1.29 is 28.9 Å². The van der Waals surface area contributed by atoms with Crippen LogP contribution in [0.25, 0.3) is 11.0 Å². The maximum absolute atomic E-state index is 13.3. The third-order valence-corrected chi connectivity index (χ3v) is 10.7. The zero-order valence-electron chi connectivity index (χ0n) is 26.5. The highest BCUT2D eigenvalue weighted by atomic mass is 32.2. The van der Waals surface area contributed by atoms with E-state index in [-0.39, 0.29) is 28.8 Å². The van der Waals surface area contributed by atoms with Crippen LogP contribution in [0.1, 0.15) is 29.7 Å². The molecule has 3 N–H and O–H groups in total. The number of oxime groups is 1. The Kier molecular flexibility index (Phi) is 9.05. The number of carboxylic acid groups (broad SMARTS) is 1. The number of nitrogen functional groups attached to an aromatic ring is 1. The number of carboxylic acids is 1. The van der Waals surface area contributed by atoms with Crippen molar-refractivity contribution in [2.45, 2.75) is 37.3 Å². The number of rotatable bonds is 11. The molecule has 0 radical (unpaired) electrons. The number of nitrogens with two attached hydrogens (primary N) is 1. The minimum Gasteiger partial charge on any atom is -0.543 e. The normalized spacial score (nSPS) is 19.4. The second-order valence-corrected chi connectivity index (χ2v) is 13.8. The Balaban J connectivity index is 1.06. The minimum atomic E-state index is -1.45. The first kappa shape index (κ1) is 32.3. The lowest BCUT2D eigenvalue weighted by Gasteiger charge is -2.50. The van der Waals surface area contributed by atoms with Crippen LogP contribution < -0.4 is 20.7 Å². The molecule has 2 fully saturated rings. The summed E-state index contributed by atoms with van der Waals surface area (Å²) < 4.78 is 4.12. The summed E-state index contributed by atoms with van der Waals surface area (Å²) in [6.45, 7) is 2.92. The minimum absolute atomic E-state index is 0.144. The number of β-lactam (4-membered cyclic amide) rings is 1. The van der Waals surface area contributed by atoms with E-state index in [1.165, 1.54) is 36.6 Å². The van der Waals surface area contributed by atoms with Crippen molar-refractivity contribution in [1.29, 1.82) is 0 Å². The maximum Gasteiger partial charge on any atom is 0.276 e. The number of hydrazone groups is 1. The van der Waals surface area contributed by atoms with Crippen LogP contribution >= 0.6 is 23.1 Å². The highest BCUT2D eigenvalue weighted by molar-refractivity contribution is 8.00. The first-order valence-corrected chi connectivity index (χ1v) is 17.6. The number of pyridine rings is 1. The zero-order valence-corrected chi connectivity index (χ0v) is 28.2. The van der Waals surface area contributed by atoms with Crippen molar-refractivity contribution in [3.8, 4) is 0 Å². The Morgan fingerprint density at radius 1 is 1.20 bits per heavy atom. The molecule has 0 aliphatic carbocycles. The molecular weight excluding hydrogens is 667 g/mol. The number of amides is 2.